The van der Waals surface area contributed by atoms with E-state index in [1.54, 1.807) is 0 Å². The molecule has 0 bridgehead atoms. The molecule has 0 aliphatic rings. The van der Waals surface area contributed by atoms with Crippen LogP contribution in [0, 0.1) is 0 Å². The van der Waals surface area contributed by atoms with Gasteiger partial charge < -0.3 is 20.5 Å². The van der Waals surface area contributed by atoms with Crippen LogP contribution in [0.2, 0.25) is 0 Å². The number of nitrogens with one attached hydrogen (secondary N) is 2. The topological polar surface area (TPSA) is 105 Å². The summed E-state index contributed by atoms with van der Waals surface area (Å²) in [7, 11) is 1.51. The van der Waals surface area contributed by atoms with Gasteiger partial charge in [0, 0.05) is 24.8 Å². The highest BCUT2D eigenvalue weighted by atomic mass is 16.5. The first-order valence-electron chi connectivity index (χ1n) is 5.79. The maximum Gasteiger partial charge on any atom is 0.331 e. The van der Waals surface area contributed by atoms with Gasteiger partial charge in [0.05, 0.1) is 6.61 Å². The second-order valence-electron chi connectivity index (χ2n) is 4.03. The standard InChI is InChI=1S/C12H20N2O5/c1-7(8(2)12(17)18)10(15)14-9(3)11(16)13-5-6-19-4/h9H,5-6H2,1-4H3,(H,13,16)(H,14,15)(H,17,18). The fourth-order valence-corrected chi connectivity index (χ4v) is 1.13. The summed E-state index contributed by atoms with van der Waals surface area (Å²) in [5, 5.41) is 13.8. The SMILES string of the molecule is COCCNC(=O)C(C)NC(=O)C(C)=C(C)C(=O)O. The van der Waals surface area contributed by atoms with Crippen LogP contribution in [0.1, 0.15) is 20.8 Å². The van der Waals surface area contributed by atoms with Gasteiger partial charge in [-0.25, -0.2) is 4.79 Å². The van der Waals surface area contributed by atoms with E-state index >= 15 is 0 Å². The zero-order valence-corrected chi connectivity index (χ0v) is 11.6. The van der Waals surface area contributed by atoms with Crippen molar-refractivity contribution in [2.45, 2.75) is 26.8 Å². The Balaban J connectivity index is 4.44. The van der Waals surface area contributed by atoms with Crippen molar-refractivity contribution in [1.82, 2.24) is 10.6 Å². The van der Waals surface area contributed by atoms with Crippen molar-refractivity contribution in [3.8, 4) is 0 Å². The molecular weight excluding hydrogens is 252 g/mol. The second-order valence-corrected chi connectivity index (χ2v) is 4.03. The number of carboxylic acids is 1. The zero-order chi connectivity index (χ0) is 15.0. The summed E-state index contributed by atoms with van der Waals surface area (Å²) < 4.78 is 4.77. The summed E-state index contributed by atoms with van der Waals surface area (Å²) in [6.45, 7) is 4.97. The van der Waals surface area contributed by atoms with Gasteiger partial charge in [-0.15, -0.1) is 0 Å². The highest BCUT2D eigenvalue weighted by Crippen LogP contribution is 2.03. The quantitative estimate of drug-likeness (QED) is 0.435. The van der Waals surface area contributed by atoms with Gasteiger partial charge in [-0.1, -0.05) is 0 Å². The van der Waals surface area contributed by atoms with E-state index in [0.717, 1.165) is 0 Å². The van der Waals surface area contributed by atoms with Crippen molar-refractivity contribution in [3.63, 3.8) is 0 Å². The molecule has 0 heterocycles. The fraction of sp³-hybridized carbons (Fsp3) is 0.583. The molecule has 0 radical (unpaired) electrons. The lowest BCUT2D eigenvalue weighted by molar-refractivity contribution is -0.133. The van der Waals surface area contributed by atoms with Crippen LogP contribution in [0.15, 0.2) is 11.1 Å². The van der Waals surface area contributed by atoms with Crippen molar-refractivity contribution in [3.05, 3.63) is 11.1 Å². The number of aliphatic carboxylic acids is 1. The van der Waals surface area contributed by atoms with Crippen molar-refractivity contribution in [1.29, 1.82) is 0 Å². The van der Waals surface area contributed by atoms with Crippen LogP contribution in [-0.4, -0.2) is 49.2 Å². The van der Waals surface area contributed by atoms with Gasteiger partial charge in [-0.2, -0.15) is 0 Å². The summed E-state index contributed by atoms with van der Waals surface area (Å²) in [6.07, 6.45) is 0. The van der Waals surface area contributed by atoms with E-state index in [0.29, 0.717) is 13.2 Å². The lowest BCUT2D eigenvalue weighted by Crippen LogP contribution is -2.46. The molecule has 0 aliphatic heterocycles. The number of amides is 2. The molecule has 7 heteroatoms. The average molecular weight is 272 g/mol. The summed E-state index contributed by atoms with van der Waals surface area (Å²) in [4.78, 5) is 34.0. The number of rotatable bonds is 7. The second kappa shape index (κ2) is 8.25. The average Bonchev–Trinajstić information content (AvgIpc) is 2.36. The highest BCUT2D eigenvalue weighted by molar-refractivity contribution is 6.02. The molecule has 0 spiro atoms. The van der Waals surface area contributed by atoms with Crippen molar-refractivity contribution < 1.29 is 24.2 Å². The number of carbonyl (C=O) groups excluding carboxylic acids is 2. The van der Waals surface area contributed by atoms with Crippen molar-refractivity contribution >= 4 is 17.8 Å². The molecular formula is C12H20N2O5. The maximum atomic E-state index is 11.7. The van der Waals surface area contributed by atoms with Gasteiger partial charge in [0.25, 0.3) is 0 Å². The van der Waals surface area contributed by atoms with Gasteiger partial charge in [0.15, 0.2) is 0 Å². The van der Waals surface area contributed by atoms with E-state index in [2.05, 4.69) is 10.6 Å². The molecule has 19 heavy (non-hydrogen) atoms. The molecule has 0 aromatic carbocycles. The van der Waals surface area contributed by atoms with E-state index < -0.39 is 17.9 Å². The van der Waals surface area contributed by atoms with E-state index in [-0.39, 0.29) is 17.1 Å². The third kappa shape index (κ3) is 6.01. The van der Waals surface area contributed by atoms with Crippen LogP contribution >= 0.6 is 0 Å². The predicted octanol–water partition coefficient (Wildman–Crippen LogP) is -0.325. The molecule has 0 saturated carbocycles. The van der Waals surface area contributed by atoms with Gasteiger partial charge >= 0.3 is 5.97 Å². The third-order valence-corrected chi connectivity index (χ3v) is 2.57. The van der Waals surface area contributed by atoms with E-state index in [1.165, 1.54) is 27.9 Å². The number of carbonyl (C=O) groups is 3. The normalized spacial score (nSPS) is 13.3. The maximum absolute atomic E-state index is 11.7. The molecule has 0 aliphatic carbocycles. The fourth-order valence-electron chi connectivity index (χ4n) is 1.13. The minimum absolute atomic E-state index is 0.0514. The van der Waals surface area contributed by atoms with Crippen molar-refractivity contribution in [2.24, 2.45) is 0 Å². The van der Waals surface area contributed by atoms with E-state index in [4.69, 9.17) is 9.84 Å². The Morgan fingerprint density at radius 2 is 1.79 bits per heavy atom. The summed E-state index contributed by atoms with van der Waals surface area (Å²) in [5.41, 5.74) is 0.0218. The number of hydrogen-bond acceptors (Lipinski definition) is 4. The summed E-state index contributed by atoms with van der Waals surface area (Å²) in [5.74, 6) is -2.09. The van der Waals surface area contributed by atoms with E-state index in [9.17, 15) is 14.4 Å². The first-order chi connectivity index (χ1) is 8.81. The smallest absolute Gasteiger partial charge is 0.331 e. The van der Waals surface area contributed by atoms with Crippen LogP contribution in [0.3, 0.4) is 0 Å². The molecule has 3 N–H and O–H groups in total. The Morgan fingerprint density at radius 1 is 1.21 bits per heavy atom. The molecule has 1 atom stereocenters. The van der Waals surface area contributed by atoms with Crippen LogP contribution in [0.5, 0.6) is 0 Å². The Hall–Kier alpha value is -1.89. The summed E-state index contributed by atoms with van der Waals surface area (Å²) in [6, 6.07) is -0.749. The molecule has 1 unspecified atom stereocenters. The van der Waals surface area contributed by atoms with Crippen LogP contribution in [0.25, 0.3) is 0 Å². The lowest BCUT2D eigenvalue weighted by atomic mass is 10.1. The Kier molecular flexibility index (Phi) is 7.43. The van der Waals surface area contributed by atoms with E-state index in [1.807, 2.05) is 0 Å². The van der Waals surface area contributed by atoms with Crippen LogP contribution in [0.4, 0.5) is 0 Å². The number of ether oxygens (including phenoxy) is 1. The first-order valence-corrected chi connectivity index (χ1v) is 5.79. The highest BCUT2D eigenvalue weighted by Gasteiger charge is 2.18. The molecule has 0 saturated heterocycles. The zero-order valence-electron chi connectivity index (χ0n) is 11.6. The molecule has 2 amide bonds. The van der Waals surface area contributed by atoms with Crippen molar-refractivity contribution in [2.75, 3.05) is 20.3 Å². The number of methoxy groups -OCH3 is 1. The minimum Gasteiger partial charge on any atom is -0.478 e. The Labute approximate surface area is 112 Å². The van der Waals surface area contributed by atoms with Crippen LogP contribution < -0.4 is 10.6 Å². The molecule has 7 nitrogen and oxygen atoms in total. The molecule has 0 aromatic heterocycles. The first kappa shape index (κ1) is 17.1. The largest absolute Gasteiger partial charge is 0.478 e. The number of hydrogen-bond donors (Lipinski definition) is 3. The lowest BCUT2D eigenvalue weighted by Gasteiger charge is -2.14. The molecule has 0 aromatic rings. The monoisotopic (exact) mass is 272 g/mol. The van der Waals surface area contributed by atoms with Crippen LogP contribution in [-0.2, 0) is 19.1 Å². The third-order valence-electron chi connectivity index (χ3n) is 2.57. The van der Waals surface area contributed by atoms with Gasteiger partial charge in [0.2, 0.25) is 11.8 Å². The molecule has 108 valence electrons. The van der Waals surface area contributed by atoms with Gasteiger partial charge in [-0.05, 0) is 20.8 Å². The molecule has 0 fully saturated rings. The summed E-state index contributed by atoms with van der Waals surface area (Å²) >= 11 is 0. The predicted molar refractivity (Wildman–Crippen MR) is 68.5 cm³/mol. The van der Waals surface area contributed by atoms with Gasteiger partial charge in [-0.3, -0.25) is 9.59 Å². The Bertz CT molecular complexity index is 390. The Morgan fingerprint density at radius 3 is 2.26 bits per heavy atom. The van der Waals surface area contributed by atoms with Gasteiger partial charge in [0.1, 0.15) is 6.04 Å². The molecule has 0 rings (SSSR count). The minimum atomic E-state index is -1.16. The number of carboxylic acid groups (broad SMARTS) is 1.